The number of aromatic nitrogens is 8. The minimum atomic E-state index is 0.250. The summed E-state index contributed by atoms with van der Waals surface area (Å²) in [6.07, 6.45) is 31.1. The van der Waals surface area contributed by atoms with Gasteiger partial charge in [-0.3, -0.25) is 4.79 Å². The average molecular weight is 1180 g/mol. The van der Waals surface area contributed by atoms with E-state index in [9.17, 15) is 4.79 Å². The molecule has 4 aromatic rings. The molecule has 9 nitrogen and oxygen atoms in total. The number of Topliss-reactive ketones (excluding diaryl/α,β-unsaturated/α-hetero) is 1. The van der Waals surface area contributed by atoms with E-state index in [1.807, 2.05) is 133 Å². The first-order chi connectivity index (χ1) is 32.2. The number of carbonyl (C=O) groups is 1. The summed E-state index contributed by atoms with van der Waals surface area (Å²) in [7, 11) is 7.94. The summed E-state index contributed by atoms with van der Waals surface area (Å²) in [5.74, 6) is 13.8. The van der Waals surface area contributed by atoms with Crippen molar-refractivity contribution in [3.63, 3.8) is 0 Å². The zero-order chi connectivity index (χ0) is 52.4. The first-order valence-corrected chi connectivity index (χ1v) is 28.2. The number of halogens is 3. The largest absolute Gasteiger partial charge is 0.340 e. The lowest BCUT2D eigenvalue weighted by Crippen LogP contribution is -2.04. The molecule has 0 radical (unpaired) electrons. The Bertz CT molecular complexity index is 2110. The van der Waals surface area contributed by atoms with Crippen molar-refractivity contribution in [3.8, 4) is 24.2 Å². The Labute approximate surface area is 446 Å². The summed E-state index contributed by atoms with van der Waals surface area (Å²) in [4.78, 5) is 28.2. The van der Waals surface area contributed by atoms with Gasteiger partial charge in [-0.25, -0.2) is 19.9 Å². The molecule has 0 amide bonds. The predicted molar refractivity (Wildman–Crippen MR) is 306 cm³/mol. The second-order valence-electron chi connectivity index (χ2n) is 19.3. The van der Waals surface area contributed by atoms with Crippen LogP contribution in [0.1, 0.15) is 195 Å². The molecular formula is C56H91Br2IN8O. The molecule has 0 N–H and O–H groups in total. The van der Waals surface area contributed by atoms with E-state index in [2.05, 4.69) is 152 Å². The minimum absolute atomic E-state index is 0.250. The molecule has 4 heterocycles. The van der Waals surface area contributed by atoms with Gasteiger partial charge >= 0.3 is 0 Å². The quantitative estimate of drug-likeness (QED) is 0.0996. The highest BCUT2D eigenvalue weighted by atomic mass is 127. The number of hydrogen-bond donors (Lipinski definition) is 0. The standard InChI is InChI=1S/C15H22N2.C9H10Br2N2.C9H12N2O.C9H10N2.C6H13I.4C2H6/c1-15(2,3)8-6-5-7-12-9-13(12)14-10-17(4)11-16-14;1-13-4-8(12-5-13)7-2-6(7)3-9(10)11;1-6(12)7-3-8(7)9-4-11(2)5-10-9;1-3-7-4-8(7)9-5-11(2)6-10-9;1-6(2,3)4-5-7;4*1-2/h10-13H,6,8-9H2,1-4H3;3-7H,2H2,1H3;4-5,7-8H,3H2,1-2H3;1,5-8H,4H2,2H3;4-5H2,1-3H3;4*1-2H3/t12?,13-;6?,7-;2*7?,8-;;;;;/m1111...../s1. The Morgan fingerprint density at radius 2 is 1.03 bits per heavy atom. The second kappa shape index (κ2) is 33.6. The van der Waals surface area contributed by atoms with Crippen LogP contribution >= 0.6 is 54.5 Å². The summed E-state index contributed by atoms with van der Waals surface area (Å²) in [6, 6.07) is 0. The van der Waals surface area contributed by atoms with Crippen LogP contribution in [0.15, 0.2) is 59.6 Å². The number of rotatable bonds is 8. The number of hydrogen-bond acceptors (Lipinski definition) is 5. The second-order valence-corrected chi connectivity index (χ2v) is 23.2. The molecule has 4 saturated carbocycles. The van der Waals surface area contributed by atoms with Crippen LogP contribution in [0, 0.1) is 58.7 Å². The number of allylic oxidation sites excluding steroid dienone is 1. The number of aryl methyl sites for hydroxylation is 4. The van der Waals surface area contributed by atoms with Crippen molar-refractivity contribution in [2.75, 3.05) is 4.43 Å². The lowest BCUT2D eigenvalue weighted by atomic mass is 9.91. The highest BCUT2D eigenvalue weighted by Gasteiger charge is 2.43. The van der Waals surface area contributed by atoms with Gasteiger partial charge in [0.05, 0.1) is 51.5 Å². The van der Waals surface area contributed by atoms with E-state index in [4.69, 9.17) is 6.42 Å². The lowest BCUT2D eigenvalue weighted by molar-refractivity contribution is -0.118. The maximum atomic E-state index is 11.0. The number of nitrogens with zero attached hydrogens (tertiary/aromatic N) is 8. The SMILES string of the molecule is C#CC1C[C@H]1c1cn(C)cn1.CC.CC.CC.CC.CC(=O)C1C[C@H]1c1cn(C)cn1.CC(C)(C)CCI.Cn1cnc([C@@H]2CC2C#CCCC(C)(C)C)c1.Cn1cnc([C@@H]2CC2C=C(Br)Br)c1. The van der Waals surface area contributed by atoms with E-state index in [1.165, 1.54) is 41.5 Å². The van der Waals surface area contributed by atoms with Crippen LogP contribution in [0.25, 0.3) is 0 Å². The first kappa shape index (κ1) is 65.1. The number of terminal acetylenes is 1. The van der Waals surface area contributed by atoms with Crippen molar-refractivity contribution in [2.24, 2.45) is 62.7 Å². The maximum absolute atomic E-state index is 11.0. The van der Waals surface area contributed by atoms with E-state index in [1.54, 1.807) is 13.3 Å². The Kier molecular flexibility index (Phi) is 32.2. The van der Waals surface area contributed by atoms with Crippen molar-refractivity contribution in [2.45, 2.75) is 172 Å². The van der Waals surface area contributed by atoms with E-state index >= 15 is 0 Å². The van der Waals surface area contributed by atoms with Gasteiger partial charge < -0.3 is 18.3 Å². The normalized spacial score (nSPS) is 21.6. The average Bonchev–Trinajstić information content (AvgIpc) is 4.26. The van der Waals surface area contributed by atoms with Crippen LogP contribution in [-0.4, -0.2) is 48.4 Å². The Morgan fingerprint density at radius 1 is 0.647 bits per heavy atom. The van der Waals surface area contributed by atoms with Crippen molar-refractivity contribution in [1.82, 2.24) is 38.2 Å². The van der Waals surface area contributed by atoms with E-state index in [0.717, 1.165) is 34.0 Å². The fourth-order valence-electron chi connectivity index (χ4n) is 6.68. The number of alkyl halides is 1. The smallest absolute Gasteiger partial charge is 0.133 e. The van der Waals surface area contributed by atoms with Crippen molar-refractivity contribution in [1.29, 1.82) is 0 Å². The van der Waals surface area contributed by atoms with Crippen molar-refractivity contribution >= 4 is 60.2 Å². The fourth-order valence-corrected chi connectivity index (χ4v) is 8.98. The molecule has 8 rings (SSSR count). The highest BCUT2D eigenvalue weighted by molar-refractivity contribution is 14.1. The zero-order valence-electron chi connectivity index (χ0n) is 45.7. The summed E-state index contributed by atoms with van der Waals surface area (Å²) < 4.78 is 10.2. The van der Waals surface area contributed by atoms with Crippen LogP contribution in [0.5, 0.6) is 0 Å². The van der Waals surface area contributed by atoms with E-state index < -0.39 is 0 Å². The number of imidazole rings is 4. The van der Waals surface area contributed by atoms with Crippen LogP contribution in [0.2, 0.25) is 0 Å². The zero-order valence-corrected chi connectivity index (χ0v) is 51.0. The molecule has 4 unspecified atom stereocenters. The Morgan fingerprint density at radius 3 is 1.32 bits per heavy atom. The summed E-state index contributed by atoms with van der Waals surface area (Å²) in [6.45, 7) is 31.3. The van der Waals surface area contributed by atoms with Crippen molar-refractivity contribution < 1.29 is 4.79 Å². The molecule has 0 spiro atoms. The van der Waals surface area contributed by atoms with Gasteiger partial charge in [0.2, 0.25) is 0 Å². The molecule has 8 atom stereocenters. The molecule has 0 aromatic carbocycles. The molecule has 12 heteroatoms. The first-order valence-electron chi connectivity index (χ1n) is 25.1. The summed E-state index contributed by atoms with van der Waals surface area (Å²) >= 11 is 9.16. The van der Waals surface area contributed by atoms with Gasteiger partial charge in [-0.1, -0.05) is 132 Å². The number of carbonyl (C=O) groups excluding carboxylic acids is 1. The van der Waals surface area contributed by atoms with Gasteiger partial charge in [0, 0.05) is 105 Å². The van der Waals surface area contributed by atoms with Crippen LogP contribution < -0.4 is 0 Å². The highest BCUT2D eigenvalue weighted by Crippen LogP contribution is 2.49. The predicted octanol–water partition coefficient (Wildman–Crippen LogP) is 15.7. The van der Waals surface area contributed by atoms with E-state index in [-0.39, 0.29) is 5.92 Å². The maximum Gasteiger partial charge on any atom is 0.133 e. The molecule has 68 heavy (non-hydrogen) atoms. The lowest BCUT2D eigenvalue weighted by Gasteiger charge is -2.15. The molecule has 0 aliphatic heterocycles. The topological polar surface area (TPSA) is 88.4 Å². The molecular weight excluding hydrogens is 1090 g/mol. The van der Waals surface area contributed by atoms with Gasteiger partial charge in [0.25, 0.3) is 0 Å². The Balaban J connectivity index is 0.000000810. The van der Waals surface area contributed by atoms with Crippen molar-refractivity contribution in [3.05, 3.63) is 82.3 Å². The third kappa shape index (κ3) is 26.9. The molecule has 4 aliphatic rings. The molecule has 4 aromatic heterocycles. The van der Waals surface area contributed by atoms with Crippen LogP contribution in [0.3, 0.4) is 0 Å². The molecule has 4 fully saturated rings. The Hall–Kier alpha value is -2.94. The summed E-state index contributed by atoms with van der Waals surface area (Å²) in [5, 5.41) is 0. The monoisotopic (exact) mass is 1180 g/mol. The van der Waals surface area contributed by atoms with E-state index in [0.29, 0.717) is 58.0 Å². The van der Waals surface area contributed by atoms with Crippen LogP contribution in [-0.2, 0) is 33.0 Å². The van der Waals surface area contributed by atoms with Gasteiger partial charge in [-0.05, 0) is 94.1 Å². The third-order valence-electron chi connectivity index (χ3n) is 10.8. The van der Waals surface area contributed by atoms with Gasteiger partial charge in [0.1, 0.15) is 5.78 Å². The molecule has 0 saturated heterocycles. The molecule has 0 bridgehead atoms. The minimum Gasteiger partial charge on any atom is -0.340 e. The summed E-state index contributed by atoms with van der Waals surface area (Å²) in [5.41, 5.74) is 5.58. The van der Waals surface area contributed by atoms with Gasteiger partial charge in [-0.2, -0.15) is 0 Å². The van der Waals surface area contributed by atoms with Gasteiger partial charge in [0.15, 0.2) is 0 Å². The molecule has 382 valence electrons. The fraction of sp³-hybridized carbons (Fsp3) is 0.661. The molecule has 4 aliphatic carbocycles. The number of ketones is 1. The van der Waals surface area contributed by atoms with Gasteiger partial charge in [-0.15, -0.1) is 18.3 Å². The third-order valence-corrected chi connectivity index (χ3v) is 11.9. The van der Waals surface area contributed by atoms with Crippen LogP contribution in [0.4, 0.5) is 0 Å².